The van der Waals surface area contributed by atoms with Gasteiger partial charge in [-0.3, -0.25) is 9.98 Å². The largest absolute Gasteiger partial charge is 0.311 e. The van der Waals surface area contributed by atoms with Gasteiger partial charge in [0.2, 0.25) is 0 Å². The second-order valence-electron chi connectivity index (χ2n) is 12.2. The summed E-state index contributed by atoms with van der Waals surface area (Å²) in [7, 11) is 0. The fourth-order valence-electron chi connectivity index (χ4n) is 6.49. The van der Waals surface area contributed by atoms with Crippen LogP contribution in [0.3, 0.4) is 0 Å². The molecule has 0 bridgehead atoms. The third-order valence-electron chi connectivity index (χ3n) is 9.05. The Bertz CT molecular complexity index is 2130. The second-order valence-corrected chi connectivity index (χ2v) is 12.2. The van der Waals surface area contributed by atoms with Crippen LogP contribution in [0.5, 0.6) is 0 Å². The highest BCUT2D eigenvalue weighted by Gasteiger charge is 2.16. The lowest BCUT2D eigenvalue weighted by molar-refractivity contribution is 1.17. The molecule has 0 amide bonds. The van der Waals surface area contributed by atoms with Gasteiger partial charge >= 0.3 is 0 Å². The van der Waals surface area contributed by atoms with Crippen LogP contribution in [0.15, 0.2) is 199 Å². The van der Waals surface area contributed by atoms with E-state index in [1.807, 2.05) is 18.3 Å². The van der Waals surface area contributed by atoms with Gasteiger partial charge in [-0.1, -0.05) is 109 Å². The number of nitrogens with zero attached hydrogens (tertiary/aromatic N) is 4. The molecular formula is C46H36N4. The normalized spacial score (nSPS) is 12.5. The first-order chi connectivity index (χ1) is 24.8. The average molecular weight is 645 g/mol. The molecular weight excluding hydrogens is 609 g/mol. The monoisotopic (exact) mass is 644 g/mol. The number of dihydropyridines is 1. The van der Waals surface area contributed by atoms with E-state index in [2.05, 4.69) is 186 Å². The molecule has 0 aliphatic carbocycles. The lowest BCUT2D eigenvalue weighted by atomic mass is 9.98. The van der Waals surface area contributed by atoms with E-state index in [0.29, 0.717) is 6.54 Å². The van der Waals surface area contributed by atoms with E-state index in [-0.39, 0.29) is 0 Å². The van der Waals surface area contributed by atoms with Crippen LogP contribution in [0.25, 0.3) is 16.8 Å². The smallest absolute Gasteiger partial charge is 0.0702 e. The van der Waals surface area contributed by atoms with Crippen molar-refractivity contribution in [3.8, 4) is 11.3 Å². The molecule has 6 aromatic carbocycles. The van der Waals surface area contributed by atoms with E-state index >= 15 is 0 Å². The molecule has 8 rings (SSSR count). The van der Waals surface area contributed by atoms with Gasteiger partial charge in [0, 0.05) is 58.0 Å². The first kappa shape index (κ1) is 30.8. The van der Waals surface area contributed by atoms with Crippen LogP contribution in [0, 0.1) is 0 Å². The predicted molar refractivity (Wildman–Crippen MR) is 209 cm³/mol. The standard InChI is InChI=1S/C46H36N4/c1-5-13-39(14-6-1)49(40-15-7-2-8-16-40)43-27-21-35(22-28-43)45-31-25-37(33-47-45)38-26-32-46(48-34-38)36-23-29-44(30-24-36)50(41-17-9-3-10-18-41)42-19-11-4-12-20-42/h1-31,33H,32,34H2. The molecule has 50 heavy (non-hydrogen) atoms. The third-order valence-corrected chi connectivity index (χ3v) is 9.05. The molecule has 0 saturated heterocycles. The van der Waals surface area contributed by atoms with Crippen molar-refractivity contribution < 1.29 is 0 Å². The Kier molecular flexibility index (Phi) is 8.81. The van der Waals surface area contributed by atoms with E-state index in [9.17, 15) is 0 Å². The number of allylic oxidation sites excluding steroid dienone is 1. The minimum absolute atomic E-state index is 0.641. The Hall–Kier alpha value is -6.52. The van der Waals surface area contributed by atoms with Gasteiger partial charge in [-0.15, -0.1) is 0 Å². The maximum absolute atomic E-state index is 5.01. The minimum atomic E-state index is 0.641. The Morgan fingerprint density at radius 2 is 0.780 bits per heavy atom. The molecule has 0 spiro atoms. The molecule has 1 aliphatic heterocycles. The molecule has 0 atom stereocenters. The number of anilines is 6. The Labute approximate surface area is 294 Å². The summed E-state index contributed by atoms with van der Waals surface area (Å²) >= 11 is 0. The summed E-state index contributed by atoms with van der Waals surface area (Å²) in [6.07, 6.45) is 5.06. The van der Waals surface area contributed by atoms with Gasteiger partial charge in [0.25, 0.3) is 0 Å². The summed E-state index contributed by atoms with van der Waals surface area (Å²) < 4.78 is 0. The van der Waals surface area contributed by atoms with E-state index in [4.69, 9.17) is 9.98 Å². The Balaban J connectivity index is 0.953. The van der Waals surface area contributed by atoms with Gasteiger partial charge in [-0.05, 0) is 95.6 Å². The summed E-state index contributed by atoms with van der Waals surface area (Å²) in [6.45, 7) is 0.641. The molecule has 1 aliphatic rings. The van der Waals surface area contributed by atoms with E-state index in [1.54, 1.807) is 0 Å². The van der Waals surface area contributed by atoms with Crippen molar-refractivity contribution in [2.45, 2.75) is 6.42 Å². The number of para-hydroxylation sites is 4. The van der Waals surface area contributed by atoms with Gasteiger partial charge in [-0.2, -0.15) is 0 Å². The van der Waals surface area contributed by atoms with Gasteiger partial charge in [0.15, 0.2) is 0 Å². The molecule has 4 heteroatoms. The van der Waals surface area contributed by atoms with Crippen molar-refractivity contribution in [3.05, 3.63) is 205 Å². The van der Waals surface area contributed by atoms with Crippen LogP contribution in [0.2, 0.25) is 0 Å². The fraction of sp³-hybridized carbons (Fsp3) is 0.0435. The number of aromatic nitrogens is 1. The number of hydrogen-bond donors (Lipinski definition) is 0. The summed E-state index contributed by atoms with van der Waals surface area (Å²) in [4.78, 5) is 14.4. The van der Waals surface area contributed by atoms with Crippen molar-refractivity contribution in [1.29, 1.82) is 0 Å². The molecule has 0 radical (unpaired) electrons. The second kappa shape index (κ2) is 14.3. The maximum Gasteiger partial charge on any atom is 0.0702 e. The molecule has 7 aromatic rings. The zero-order valence-corrected chi connectivity index (χ0v) is 27.7. The van der Waals surface area contributed by atoms with Crippen LogP contribution >= 0.6 is 0 Å². The third kappa shape index (κ3) is 6.60. The van der Waals surface area contributed by atoms with Gasteiger partial charge in [0.1, 0.15) is 0 Å². The summed E-state index contributed by atoms with van der Waals surface area (Å²) in [5.74, 6) is 0. The number of pyridine rings is 1. The lowest BCUT2D eigenvalue weighted by Crippen LogP contribution is -2.11. The van der Waals surface area contributed by atoms with Crippen LogP contribution in [-0.4, -0.2) is 17.2 Å². The van der Waals surface area contributed by atoms with Crippen LogP contribution in [0.4, 0.5) is 34.1 Å². The summed E-state index contributed by atoms with van der Waals surface area (Å²) in [6, 6.07) is 63.6. The Morgan fingerprint density at radius 3 is 1.16 bits per heavy atom. The quantitative estimate of drug-likeness (QED) is 0.157. The first-order valence-electron chi connectivity index (χ1n) is 17.0. The topological polar surface area (TPSA) is 31.7 Å². The van der Waals surface area contributed by atoms with Crippen LogP contribution < -0.4 is 9.80 Å². The van der Waals surface area contributed by atoms with Gasteiger partial charge < -0.3 is 9.80 Å². The first-order valence-corrected chi connectivity index (χ1v) is 17.0. The SMILES string of the molecule is C1=C(c2ccc(-c3ccc(N(c4ccccc4)c4ccccc4)cc3)nc2)CN=C(c2ccc(N(c3ccccc3)c3ccccc3)cc2)C1. The summed E-state index contributed by atoms with van der Waals surface area (Å²) in [5.41, 5.74) is 13.3. The van der Waals surface area contributed by atoms with E-state index in [1.165, 1.54) is 5.57 Å². The molecule has 4 nitrogen and oxygen atoms in total. The average Bonchev–Trinajstić information content (AvgIpc) is 3.21. The van der Waals surface area contributed by atoms with Gasteiger partial charge in [-0.25, -0.2) is 0 Å². The highest BCUT2D eigenvalue weighted by atomic mass is 15.1. The number of benzene rings is 6. The van der Waals surface area contributed by atoms with E-state index in [0.717, 1.165) is 68.6 Å². The molecule has 0 saturated carbocycles. The number of hydrogen-bond acceptors (Lipinski definition) is 4. The fourth-order valence-corrected chi connectivity index (χ4v) is 6.49. The lowest BCUT2D eigenvalue weighted by Gasteiger charge is -2.25. The Morgan fingerprint density at radius 1 is 0.380 bits per heavy atom. The van der Waals surface area contributed by atoms with E-state index < -0.39 is 0 Å². The molecule has 240 valence electrons. The highest BCUT2D eigenvalue weighted by Crippen LogP contribution is 2.36. The minimum Gasteiger partial charge on any atom is -0.311 e. The van der Waals surface area contributed by atoms with Crippen LogP contribution in [-0.2, 0) is 0 Å². The van der Waals surface area contributed by atoms with Crippen molar-refractivity contribution in [2.75, 3.05) is 16.3 Å². The maximum atomic E-state index is 5.01. The van der Waals surface area contributed by atoms with Crippen molar-refractivity contribution in [1.82, 2.24) is 4.98 Å². The highest BCUT2D eigenvalue weighted by molar-refractivity contribution is 6.04. The number of aliphatic imine (C=N–C) groups is 1. The molecule has 1 aromatic heterocycles. The summed E-state index contributed by atoms with van der Waals surface area (Å²) in [5, 5.41) is 0. The van der Waals surface area contributed by atoms with Gasteiger partial charge in [0.05, 0.1) is 12.2 Å². The van der Waals surface area contributed by atoms with Crippen LogP contribution in [0.1, 0.15) is 17.5 Å². The predicted octanol–water partition coefficient (Wildman–Crippen LogP) is 12.0. The molecule has 0 N–H and O–H groups in total. The molecule has 0 fully saturated rings. The van der Waals surface area contributed by atoms with Crippen molar-refractivity contribution in [2.24, 2.45) is 4.99 Å². The molecule has 0 unspecified atom stereocenters. The number of rotatable bonds is 9. The zero-order chi connectivity index (χ0) is 33.5. The van der Waals surface area contributed by atoms with Crippen molar-refractivity contribution >= 4 is 45.4 Å². The van der Waals surface area contributed by atoms with Crippen molar-refractivity contribution in [3.63, 3.8) is 0 Å². The molecule has 2 heterocycles. The zero-order valence-electron chi connectivity index (χ0n) is 27.7.